The molecule has 0 spiro atoms. The monoisotopic (exact) mass is 254 g/mol. The third-order valence-electron chi connectivity index (χ3n) is 3.05. The highest BCUT2D eigenvalue weighted by Crippen LogP contribution is 2.36. The molecular formula is C10H11ClN4O2. The summed E-state index contributed by atoms with van der Waals surface area (Å²) in [5.41, 5.74) is 1.51. The Balaban J connectivity index is 2.16. The van der Waals surface area contributed by atoms with Gasteiger partial charge in [-0.25, -0.2) is 4.98 Å². The highest BCUT2D eigenvalue weighted by atomic mass is 35.5. The fraction of sp³-hybridized carbons (Fsp3) is 0.500. The fourth-order valence-electron chi connectivity index (χ4n) is 2.31. The van der Waals surface area contributed by atoms with Crippen molar-refractivity contribution in [1.82, 2.24) is 9.97 Å². The van der Waals surface area contributed by atoms with Crippen molar-refractivity contribution in [3.05, 3.63) is 11.0 Å². The minimum atomic E-state index is -0.639. The number of aryl methyl sites for hydroxylation is 1. The maximum atomic E-state index is 12.0. The smallest absolute Gasteiger partial charge is 0.252 e. The van der Waals surface area contributed by atoms with Crippen LogP contribution in [0.5, 0.6) is 0 Å². The van der Waals surface area contributed by atoms with Crippen LogP contribution >= 0.6 is 11.6 Å². The van der Waals surface area contributed by atoms with Crippen LogP contribution in [0.15, 0.2) is 0 Å². The van der Waals surface area contributed by atoms with Crippen LogP contribution in [-0.4, -0.2) is 40.2 Å². The predicted octanol–water partition coefficient (Wildman–Crippen LogP) is 0.196. The van der Waals surface area contributed by atoms with E-state index in [0.717, 1.165) is 24.2 Å². The number of halogens is 1. The summed E-state index contributed by atoms with van der Waals surface area (Å²) in [6.45, 7) is 0.383. The Kier molecular flexibility index (Phi) is 2.41. The molecule has 7 heteroatoms. The van der Waals surface area contributed by atoms with Gasteiger partial charge in [0, 0.05) is 6.54 Å². The van der Waals surface area contributed by atoms with E-state index < -0.39 is 6.04 Å². The van der Waals surface area contributed by atoms with Gasteiger partial charge in [-0.1, -0.05) is 0 Å². The fourth-order valence-corrected chi connectivity index (χ4v) is 2.49. The summed E-state index contributed by atoms with van der Waals surface area (Å²) in [5.74, 6) is 0.408. The second-order valence-electron chi connectivity index (χ2n) is 4.11. The first-order chi connectivity index (χ1) is 8.20. The Morgan fingerprint density at radius 2 is 2.35 bits per heavy atom. The average Bonchev–Trinajstić information content (AvgIpc) is 2.33. The molecule has 6 nitrogen and oxygen atoms in total. The number of aromatic nitrogens is 2. The molecule has 1 atom stereocenters. The molecule has 0 fully saturated rings. The van der Waals surface area contributed by atoms with Gasteiger partial charge in [0.05, 0.1) is 12.3 Å². The molecule has 0 saturated heterocycles. The van der Waals surface area contributed by atoms with Crippen molar-refractivity contribution >= 4 is 29.0 Å². The predicted molar refractivity (Wildman–Crippen MR) is 62.2 cm³/mol. The van der Waals surface area contributed by atoms with E-state index in [2.05, 4.69) is 15.3 Å². The highest BCUT2D eigenvalue weighted by Gasteiger charge is 2.37. The number of carbonyl (C=O) groups excluding carboxylic acids is 1. The van der Waals surface area contributed by atoms with Crippen LogP contribution in [0, 0.1) is 0 Å². The number of nitrogens with one attached hydrogen (secondary N) is 1. The molecule has 0 radical (unpaired) electrons. The zero-order chi connectivity index (χ0) is 12.0. The molecule has 1 aromatic heterocycles. The van der Waals surface area contributed by atoms with Crippen LogP contribution in [0.25, 0.3) is 0 Å². The molecule has 0 bridgehead atoms. The quantitative estimate of drug-likeness (QED) is 0.700. The number of rotatable bonds is 1. The van der Waals surface area contributed by atoms with E-state index in [1.54, 1.807) is 4.90 Å². The van der Waals surface area contributed by atoms with E-state index in [-0.39, 0.29) is 17.8 Å². The van der Waals surface area contributed by atoms with Gasteiger partial charge in [-0.15, -0.1) is 0 Å². The number of amides is 1. The molecule has 2 aliphatic rings. The van der Waals surface area contributed by atoms with E-state index in [4.69, 9.17) is 11.6 Å². The number of nitrogens with zero attached hydrogens (tertiary/aromatic N) is 3. The second kappa shape index (κ2) is 3.82. The van der Waals surface area contributed by atoms with Gasteiger partial charge >= 0.3 is 0 Å². The van der Waals surface area contributed by atoms with Gasteiger partial charge in [-0.3, -0.25) is 4.79 Å². The lowest BCUT2D eigenvalue weighted by atomic mass is 10.0. The van der Waals surface area contributed by atoms with Crippen molar-refractivity contribution < 1.29 is 9.90 Å². The maximum absolute atomic E-state index is 12.0. The van der Waals surface area contributed by atoms with Crippen LogP contribution in [0.2, 0.25) is 5.28 Å². The Morgan fingerprint density at radius 1 is 1.53 bits per heavy atom. The summed E-state index contributed by atoms with van der Waals surface area (Å²) in [7, 11) is 0. The normalized spacial score (nSPS) is 22.1. The molecule has 1 amide bonds. The van der Waals surface area contributed by atoms with Crippen molar-refractivity contribution in [2.75, 3.05) is 23.4 Å². The van der Waals surface area contributed by atoms with E-state index in [1.807, 2.05) is 0 Å². The van der Waals surface area contributed by atoms with Crippen LogP contribution in [0.4, 0.5) is 11.5 Å². The van der Waals surface area contributed by atoms with Gasteiger partial charge in [0.15, 0.2) is 5.82 Å². The Labute approximate surface area is 103 Å². The number of carbonyl (C=O) groups is 1. The Morgan fingerprint density at radius 3 is 3.12 bits per heavy atom. The molecule has 0 aliphatic carbocycles. The number of aliphatic hydroxyl groups excluding tert-OH is 1. The first-order valence-electron chi connectivity index (χ1n) is 5.46. The minimum absolute atomic E-state index is 0.133. The first-order valence-corrected chi connectivity index (χ1v) is 5.83. The lowest BCUT2D eigenvalue weighted by molar-refractivity contribution is -0.120. The first kappa shape index (κ1) is 10.7. The average molecular weight is 255 g/mol. The molecule has 3 heterocycles. The zero-order valence-corrected chi connectivity index (χ0v) is 9.74. The van der Waals surface area contributed by atoms with Crippen molar-refractivity contribution in [3.8, 4) is 0 Å². The zero-order valence-electron chi connectivity index (χ0n) is 8.98. The minimum Gasteiger partial charge on any atom is -0.394 e. The molecule has 3 rings (SSSR count). The largest absolute Gasteiger partial charge is 0.394 e. The Bertz CT molecular complexity index is 493. The molecule has 0 unspecified atom stereocenters. The standard InChI is InChI=1S/C10H11ClN4O2/c11-10-13-5-2-1-3-15-7(5)8(14-10)12-6(4-16)9(15)17/h6,16H,1-4H2,(H,12,13,14)/t6-/m0/s1. The van der Waals surface area contributed by atoms with Crippen molar-refractivity contribution in [3.63, 3.8) is 0 Å². The van der Waals surface area contributed by atoms with Crippen LogP contribution in [0.1, 0.15) is 12.1 Å². The summed E-state index contributed by atoms with van der Waals surface area (Å²) in [5, 5.41) is 12.2. The Hall–Kier alpha value is -1.40. The molecule has 2 N–H and O–H groups in total. The van der Waals surface area contributed by atoms with Gasteiger partial charge in [-0.2, -0.15) is 4.98 Å². The number of hydrogen-bond acceptors (Lipinski definition) is 5. The van der Waals surface area contributed by atoms with Crippen LogP contribution in [-0.2, 0) is 11.2 Å². The van der Waals surface area contributed by atoms with Gasteiger partial charge < -0.3 is 15.3 Å². The summed E-state index contributed by atoms with van der Waals surface area (Å²) < 4.78 is 0. The van der Waals surface area contributed by atoms with Crippen molar-refractivity contribution in [1.29, 1.82) is 0 Å². The van der Waals surface area contributed by atoms with Gasteiger partial charge in [0.1, 0.15) is 11.7 Å². The van der Waals surface area contributed by atoms with Gasteiger partial charge in [0.25, 0.3) is 5.91 Å². The van der Waals surface area contributed by atoms with Crippen LogP contribution in [0.3, 0.4) is 0 Å². The molecule has 17 heavy (non-hydrogen) atoms. The molecule has 2 aliphatic heterocycles. The van der Waals surface area contributed by atoms with E-state index in [0.29, 0.717) is 12.4 Å². The molecule has 90 valence electrons. The SMILES string of the molecule is O=C1[C@H](CO)Nc2nc(Cl)nc3c2N1CCC3. The lowest BCUT2D eigenvalue weighted by Crippen LogP contribution is -2.51. The third kappa shape index (κ3) is 1.56. The van der Waals surface area contributed by atoms with Crippen molar-refractivity contribution in [2.45, 2.75) is 18.9 Å². The van der Waals surface area contributed by atoms with Crippen molar-refractivity contribution in [2.24, 2.45) is 0 Å². The molecule has 0 saturated carbocycles. The topological polar surface area (TPSA) is 78.3 Å². The lowest BCUT2D eigenvalue weighted by Gasteiger charge is -2.37. The second-order valence-corrected chi connectivity index (χ2v) is 4.45. The van der Waals surface area contributed by atoms with E-state index in [9.17, 15) is 9.90 Å². The summed E-state index contributed by atoms with van der Waals surface area (Å²) >= 11 is 5.83. The summed E-state index contributed by atoms with van der Waals surface area (Å²) in [6, 6.07) is -0.639. The molecule has 0 aromatic carbocycles. The molecular weight excluding hydrogens is 244 g/mol. The van der Waals surface area contributed by atoms with Gasteiger partial charge in [0.2, 0.25) is 5.28 Å². The van der Waals surface area contributed by atoms with Gasteiger partial charge in [-0.05, 0) is 24.4 Å². The maximum Gasteiger partial charge on any atom is 0.252 e. The number of anilines is 2. The summed E-state index contributed by atoms with van der Waals surface area (Å²) in [4.78, 5) is 21.9. The number of aliphatic hydroxyl groups is 1. The number of hydrogen-bond donors (Lipinski definition) is 2. The highest BCUT2D eigenvalue weighted by molar-refractivity contribution is 6.28. The summed E-state index contributed by atoms with van der Waals surface area (Å²) in [6.07, 6.45) is 1.64. The molecule has 1 aromatic rings. The van der Waals surface area contributed by atoms with E-state index in [1.165, 1.54) is 0 Å². The third-order valence-corrected chi connectivity index (χ3v) is 3.22. The van der Waals surface area contributed by atoms with E-state index >= 15 is 0 Å². The van der Waals surface area contributed by atoms with Crippen LogP contribution < -0.4 is 10.2 Å².